The summed E-state index contributed by atoms with van der Waals surface area (Å²) in [5.74, 6) is -0.103. The van der Waals surface area contributed by atoms with Crippen molar-refractivity contribution >= 4 is 5.97 Å². The zero-order valence-electron chi connectivity index (χ0n) is 6.22. The van der Waals surface area contributed by atoms with E-state index in [2.05, 4.69) is 6.58 Å². The maximum absolute atomic E-state index is 10.8. The van der Waals surface area contributed by atoms with Gasteiger partial charge in [0.15, 0.2) is 0 Å². The Balaban J connectivity index is 2.61. The maximum Gasteiger partial charge on any atom is 0.306 e. The normalized spacial score (nSPS) is 33.1. The standard InChI is InChI=1S/C8H12O2/c1-3-8(2)4-5-10-7(9)6-8/h3H,1,4-6H2,2H3. The van der Waals surface area contributed by atoms with E-state index < -0.39 is 0 Å². The van der Waals surface area contributed by atoms with Crippen LogP contribution >= 0.6 is 0 Å². The average Bonchev–Trinajstić information content (AvgIpc) is 1.88. The molecule has 56 valence electrons. The van der Waals surface area contributed by atoms with Crippen molar-refractivity contribution in [1.29, 1.82) is 0 Å². The summed E-state index contributed by atoms with van der Waals surface area (Å²) in [4.78, 5) is 10.8. The van der Waals surface area contributed by atoms with Gasteiger partial charge < -0.3 is 4.74 Å². The monoisotopic (exact) mass is 140 g/mol. The van der Waals surface area contributed by atoms with Crippen molar-refractivity contribution in [2.45, 2.75) is 19.8 Å². The number of rotatable bonds is 1. The molecule has 0 aromatic carbocycles. The number of cyclic esters (lactones) is 1. The molecule has 1 aliphatic rings. The quantitative estimate of drug-likeness (QED) is 0.407. The molecule has 0 amide bonds. The van der Waals surface area contributed by atoms with Crippen LogP contribution in [0.3, 0.4) is 0 Å². The Hall–Kier alpha value is -0.790. The van der Waals surface area contributed by atoms with Crippen molar-refractivity contribution in [3.63, 3.8) is 0 Å². The van der Waals surface area contributed by atoms with Crippen molar-refractivity contribution in [3.05, 3.63) is 12.7 Å². The summed E-state index contributed by atoms with van der Waals surface area (Å²) in [5.41, 5.74) is -0.0185. The topological polar surface area (TPSA) is 26.3 Å². The van der Waals surface area contributed by atoms with Gasteiger partial charge in [-0.2, -0.15) is 0 Å². The molecule has 0 saturated carbocycles. The molecule has 0 spiro atoms. The molecule has 0 radical (unpaired) electrons. The first-order valence-electron chi connectivity index (χ1n) is 3.45. The molecule has 0 aromatic heterocycles. The van der Waals surface area contributed by atoms with Crippen molar-refractivity contribution in [2.24, 2.45) is 5.41 Å². The first-order chi connectivity index (χ1) is 4.66. The van der Waals surface area contributed by atoms with Crippen LogP contribution in [0.1, 0.15) is 19.8 Å². The van der Waals surface area contributed by atoms with Gasteiger partial charge in [0, 0.05) is 0 Å². The van der Waals surface area contributed by atoms with Gasteiger partial charge in [-0.1, -0.05) is 13.0 Å². The molecular weight excluding hydrogens is 128 g/mol. The number of hydrogen-bond acceptors (Lipinski definition) is 2. The fourth-order valence-electron chi connectivity index (χ4n) is 1.04. The molecule has 2 nitrogen and oxygen atoms in total. The molecule has 0 aromatic rings. The molecule has 1 unspecified atom stereocenters. The number of hydrogen-bond donors (Lipinski definition) is 0. The van der Waals surface area contributed by atoms with Gasteiger partial charge >= 0.3 is 5.97 Å². The first kappa shape index (κ1) is 7.32. The molecule has 1 heterocycles. The van der Waals surface area contributed by atoms with Crippen LogP contribution in [0.2, 0.25) is 0 Å². The minimum absolute atomic E-state index is 0.0185. The first-order valence-corrected chi connectivity index (χ1v) is 3.45. The van der Waals surface area contributed by atoms with E-state index in [0.717, 1.165) is 6.42 Å². The molecule has 10 heavy (non-hydrogen) atoms. The number of esters is 1. The summed E-state index contributed by atoms with van der Waals surface area (Å²) in [5, 5.41) is 0. The molecule has 1 aliphatic heterocycles. The van der Waals surface area contributed by atoms with E-state index in [0.29, 0.717) is 13.0 Å². The van der Waals surface area contributed by atoms with Crippen molar-refractivity contribution in [1.82, 2.24) is 0 Å². The van der Waals surface area contributed by atoms with Crippen molar-refractivity contribution in [3.8, 4) is 0 Å². The molecule has 0 N–H and O–H groups in total. The van der Waals surface area contributed by atoms with Crippen molar-refractivity contribution < 1.29 is 9.53 Å². The lowest BCUT2D eigenvalue weighted by Crippen LogP contribution is -2.27. The van der Waals surface area contributed by atoms with Crippen LogP contribution in [0.4, 0.5) is 0 Å². The second-order valence-corrected chi connectivity index (χ2v) is 3.01. The Bertz CT molecular complexity index is 163. The second-order valence-electron chi connectivity index (χ2n) is 3.01. The SMILES string of the molecule is C=CC1(C)CCOC(=O)C1. The van der Waals surface area contributed by atoms with E-state index in [9.17, 15) is 4.79 Å². The largest absolute Gasteiger partial charge is 0.466 e. The van der Waals surface area contributed by atoms with Crippen LogP contribution < -0.4 is 0 Å². The predicted octanol–water partition coefficient (Wildman–Crippen LogP) is 1.52. The number of carbonyl (C=O) groups excluding carboxylic acids is 1. The summed E-state index contributed by atoms with van der Waals surface area (Å²) in [6.07, 6.45) is 3.23. The van der Waals surface area contributed by atoms with E-state index in [-0.39, 0.29) is 11.4 Å². The minimum atomic E-state index is -0.103. The van der Waals surface area contributed by atoms with Gasteiger partial charge in [0.1, 0.15) is 0 Å². The maximum atomic E-state index is 10.8. The van der Waals surface area contributed by atoms with Gasteiger partial charge in [0.05, 0.1) is 13.0 Å². The lowest BCUT2D eigenvalue weighted by Gasteiger charge is -2.28. The van der Waals surface area contributed by atoms with Gasteiger partial charge in [-0.15, -0.1) is 6.58 Å². The van der Waals surface area contributed by atoms with Crippen LogP contribution in [0.5, 0.6) is 0 Å². The molecule has 2 heteroatoms. The summed E-state index contributed by atoms with van der Waals surface area (Å²) in [6, 6.07) is 0. The Kier molecular flexibility index (Phi) is 1.79. The molecular formula is C8H12O2. The van der Waals surface area contributed by atoms with Crippen LogP contribution in [0.15, 0.2) is 12.7 Å². The van der Waals surface area contributed by atoms with Crippen LogP contribution in [-0.4, -0.2) is 12.6 Å². The number of ether oxygens (including phenoxy) is 1. The zero-order valence-corrected chi connectivity index (χ0v) is 6.22. The van der Waals surface area contributed by atoms with E-state index in [1.165, 1.54) is 0 Å². The molecule has 0 aliphatic carbocycles. The van der Waals surface area contributed by atoms with E-state index in [1.807, 2.05) is 13.0 Å². The highest BCUT2D eigenvalue weighted by Crippen LogP contribution is 2.30. The van der Waals surface area contributed by atoms with Crippen LogP contribution in [-0.2, 0) is 9.53 Å². The highest BCUT2D eigenvalue weighted by Gasteiger charge is 2.29. The molecule has 1 rings (SSSR count). The second kappa shape index (κ2) is 2.45. The van der Waals surface area contributed by atoms with Gasteiger partial charge in [-0.25, -0.2) is 0 Å². The molecule has 1 atom stereocenters. The van der Waals surface area contributed by atoms with Crippen LogP contribution in [0.25, 0.3) is 0 Å². The summed E-state index contributed by atoms with van der Waals surface area (Å²) < 4.78 is 4.79. The smallest absolute Gasteiger partial charge is 0.306 e. The Morgan fingerprint density at radius 3 is 2.90 bits per heavy atom. The lowest BCUT2D eigenvalue weighted by atomic mass is 9.82. The van der Waals surface area contributed by atoms with E-state index in [1.54, 1.807) is 0 Å². The zero-order chi connectivity index (χ0) is 7.61. The highest BCUT2D eigenvalue weighted by atomic mass is 16.5. The summed E-state index contributed by atoms with van der Waals surface area (Å²) in [6.45, 7) is 6.25. The van der Waals surface area contributed by atoms with Crippen molar-refractivity contribution in [2.75, 3.05) is 6.61 Å². The molecule has 1 saturated heterocycles. The van der Waals surface area contributed by atoms with Gasteiger partial charge in [-0.3, -0.25) is 4.79 Å². The third-order valence-electron chi connectivity index (χ3n) is 1.98. The van der Waals surface area contributed by atoms with Gasteiger partial charge in [0.2, 0.25) is 0 Å². The number of carbonyl (C=O) groups is 1. The van der Waals surface area contributed by atoms with Crippen LogP contribution in [0, 0.1) is 5.41 Å². The third kappa shape index (κ3) is 1.38. The van der Waals surface area contributed by atoms with Gasteiger partial charge in [0.25, 0.3) is 0 Å². The lowest BCUT2D eigenvalue weighted by molar-refractivity contribution is -0.150. The fourth-order valence-corrected chi connectivity index (χ4v) is 1.04. The third-order valence-corrected chi connectivity index (χ3v) is 1.98. The minimum Gasteiger partial charge on any atom is -0.466 e. The van der Waals surface area contributed by atoms with Gasteiger partial charge in [-0.05, 0) is 11.8 Å². The average molecular weight is 140 g/mol. The Morgan fingerprint density at radius 1 is 1.80 bits per heavy atom. The predicted molar refractivity (Wildman–Crippen MR) is 38.5 cm³/mol. The molecule has 1 fully saturated rings. The summed E-state index contributed by atoms with van der Waals surface area (Å²) in [7, 11) is 0. The Labute approximate surface area is 60.9 Å². The van der Waals surface area contributed by atoms with E-state index >= 15 is 0 Å². The Morgan fingerprint density at radius 2 is 2.50 bits per heavy atom. The highest BCUT2D eigenvalue weighted by molar-refractivity contribution is 5.71. The van der Waals surface area contributed by atoms with E-state index in [4.69, 9.17) is 4.74 Å². The summed E-state index contributed by atoms with van der Waals surface area (Å²) >= 11 is 0. The molecule has 0 bridgehead atoms. The number of allylic oxidation sites excluding steroid dienone is 1. The fraction of sp³-hybridized carbons (Fsp3) is 0.625.